The monoisotopic (exact) mass is 1030 g/mol. The van der Waals surface area contributed by atoms with Gasteiger partial charge >= 0.3 is 0 Å². The fourth-order valence-corrected chi connectivity index (χ4v) is 9.53. The standard InChI is InChI=1S/C24H24FN3.C22H14FN3.C20H15FN2O/c1-2-26-15-14-23(18-6-4-3-5-7-18)19-8-13-24-20(16-19)17-27-28(24)22-11-9-21(25)10-12-22;23-19-7-9-20(10-8-19)26-22-11-6-17(14-18(22)15-25-26)21(12-13-24)16-4-2-1-3-5-16;21-17-7-9-18(10-8-17)23-19-11-6-15(12-16(19)13-22-23)20(24)14-4-2-1-3-5-14/h3-13,16-17,23,26H,2,14-15H2,1H3;1-12,14-15H;1-13,20,24H/b;21-12+;. The van der Waals surface area contributed by atoms with Gasteiger partial charge in [-0.3, -0.25) is 0 Å². The lowest BCUT2D eigenvalue weighted by atomic mass is 9.88. The molecular formula is C66H53F3N8O. The van der Waals surface area contributed by atoms with Gasteiger partial charge < -0.3 is 10.4 Å². The molecule has 78 heavy (non-hydrogen) atoms. The molecule has 0 aliphatic heterocycles. The van der Waals surface area contributed by atoms with Crippen LogP contribution >= 0.6 is 0 Å². The molecule has 0 saturated heterocycles. The molecule has 0 aliphatic rings. The molecule has 2 N–H and O–H groups in total. The fourth-order valence-electron chi connectivity index (χ4n) is 9.53. The maximum absolute atomic E-state index is 13.2. The van der Waals surface area contributed by atoms with Gasteiger partial charge in [-0.2, -0.15) is 20.6 Å². The van der Waals surface area contributed by atoms with Crippen molar-refractivity contribution in [2.24, 2.45) is 0 Å². The first kappa shape index (κ1) is 51.8. The van der Waals surface area contributed by atoms with Crippen LogP contribution in [0, 0.1) is 28.8 Å². The maximum Gasteiger partial charge on any atom is 0.123 e. The second-order valence-corrected chi connectivity index (χ2v) is 18.5. The largest absolute Gasteiger partial charge is 0.384 e. The Balaban J connectivity index is 0.000000133. The Labute approximate surface area is 450 Å². The van der Waals surface area contributed by atoms with E-state index in [9.17, 15) is 23.5 Å². The topological polar surface area (TPSA) is 110 Å². The van der Waals surface area contributed by atoms with Crippen molar-refractivity contribution in [3.63, 3.8) is 0 Å². The summed E-state index contributed by atoms with van der Waals surface area (Å²) in [6.07, 6.45) is 7.33. The average Bonchev–Trinajstić information content (AvgIpc) is 4.31. The van der Waals surface area contributed by atoms with Gasteiger partial charge in [-0.1, -0.05) is 116 Å². The number of aliphatic hydroxyl groups is 1. The van der Waals surface area contributed by atoms with E-state index < -0.39 is 6.10 Å². The van der Waals surface area contributed by atoms with E-state index in [-0.39, 0.29) is 17.5 Å². The fraction of sp³-hybridized carbons (Fsp3) is 0.0909. The SMILES string of the molecule is CCNCCC(c1ccccc1)c1ccc2c(cnn2-c2ccc(F)cc2)c1.N#C/C=C(\c1ccccc1)c1ccc2c(cnn2-c2ccc(F)cc2)c1.OC(c1ccccc1)c1ccc2c(cnn2-c2ccc(F)cc2)c1. The summed E-state index contributed by atoms with van der Waals surface area (Å²) < 4.78 is 44.9. The highest BCUT2D eigenvalue weighted by Gasteiger charge is 2.17. The maximum atomic E-state index is 13.2. The second-order valence-electron chi connectivity index (χ2n) is 18.5. The summed E-state index contributed by atoms with van der Waals surface area (Å²) in [6, 6.07) is 69.2. The van der Waals surface area contributed by atoms with Crippen LogP contribution in [0.25, 0.3) is 55.3 Å². The quantitative estimate of drug-likeness (QED) is 0.0879. The zero-order valence-corrected chi connectivity index (χ0v) is 42.6. The summed E-state index contributed by atoms with van der Waals surface area (Å²) in [5.41, 5.74) is 12.4. The first-order chi connectivity index (χ1) is 38.2. The smallest absolute Gasteiger partial charge is 0.123 e. The van der Waals surface area contributed by atoms with E-state index in [1.807, 2.05) is 108 Å². The van der Waals surface area contributed by atoms with Crippen LogP contribution in [-0.2, 0) is 0 Å². The number of hydrogen-bond donors (Lipinski definition) is 2. The molecule has 2 unspecified atom stereocenters. The van der Waals surface area contributed by atoms with Gasteiger partial charge in [0.1, 0.15) is 23.6 Å². The number of nitrogens with one attached hydrogen (secondary N) is 1. The Morgan fingerprint density at radius 2 is 0.923 bits per heavy atom. The molecule has 9 nitrogen and oxygen atoms in total. The Kier molecular flexibility index (Phi) is 16.2. The molecule has 3 aromatic heterocycles. The zero-order valence-electron chi connectivity index (χ0n) is 42.6. The molecule has 12 rings (SSSR count). The molecular weight excluding hydrogens is 978 g/mol. The lowest BCUT2D eigenvalue weighted by molar-refractivity contribution is 0.220. The van der Waals surface area contributed by atoms with Crippen LogP contribution < -0.4 is 5.32 Å². The lowest BCUT2D eigenvalue weighted by Gasteiger charge is -2.18. The number of nitrogens with zero attached hydrogens (tertiary/aromatic N) is 7. The van der Waals surface area contributed by atoms with Gasteiger partial charge in [0.25, 0.3) is 0 Å². The predicted molar refractivity (Wildman–Crippen MR) is 304 cm³/mol. The minimum Gasteiger partial charge on any atom is -0.384 e. The molecule has 0 aliphatic carbocycles. The zero-order chi connectivity index (χ0) is 53.8. The lowest BCUT2D eigenvalue weighted by Crippen LogP contribution is -2.17. The number of aliphatic hydroxyl groups excluding tert-OH is 1. The molecule has 0 bridgehead atoms. The van der Waals surface area contributed by atoms with Crippen LogP contribution in [0.5, 0.6) is 0 Å². The van der Waals surface area contributed by atoms with Crippen molar-refractivity contribution in [1.82, 2.24) is 34.7 Å². The summed E-state index contributed by atoms with van der Waals surface area (Å²) in [7, 11) is 0. The van der Waals surface area contributed by atoms with Gasteiger partial charge in [-0.05, 0) is 168 Å². The van der Waals surface area contributed by atoms with E-state index in [2.05, 4.69) is 82.1 Å². The van der Waals surface area contributed by atoms with Gasteiger partial charge in [0, 0.05) is 28.2 Å². The minimum atomic E-state index is -0.676. The highest BCUT2D eigenvalue weighted by molar-refractivity contribution is 5.89. The van der Waals surface area contributed by atoms with Crippen LogP contribution in [0.1, 0.15) is 58.7 Å². The average molecular weight is 1030 g/mol. The van der Waals surface area contributed by atoms with Crippen LogP contribution in [0.3, 0.4) is 0 Å². The van der Waals surface area contributed by atoms with Gasteiger partial charge in [-0.25, -0.2) is 27.2 Å². The first-order valence-electron chi connectivity index (χ1n) is 25.6. The highest BCUT2D eigenvalue weighted by atomic mass is 19.1. The van der Waals surface area contributed by atoms with E-state index >= 15 is 0 Å². The summed E-state index contributed by atoms with van der Waals surface area (Å²) in [5.74, 6) is -0.460. The van der Waals surface area contributed by atoms with Crippen molar-refractivity contribution in [3.05, 3.63) is 294 Å². The predicted octanol–water partition coefficient (Wildman–Crippen LogP) is 14.7. The molecule has 0 radical (unpaired) electrons. The van der Waals surface area contributed by atoms with Crippen molar-refractivity contribution in [2.75, 3.05) is 13.1 Å². The summed E-state index contributed by atoms with van der Waals surface area (Å²) in [5, 5.41) is 39.4. The minimum absolute atomic E-state index is 0.242. The van der Waals surface area contributed by atoms with Crippen LogP contribution in [0.4, 0.5) is 13.2 Å². The van der Waals surface area contributed by atoms with E-state index in [0.29, 0.717) is 5.92 Å². The van der Waals surface area contributed by atoms with Gasteiger partial charge in [0.15, 0.2) is 0 Å². The Bertz CT molecular complexity index is 3980. The number of fused-ring (bicyclic) bond motifs is 3. The van der Waals surface area contributed by atoms with Gasteiger partial charge in [-0.15, -0.1) is 0 Å². The van der Waals surface area contributed by atoms with Crippen molar-refractivity contribution < 1.29 is 18.3 Å². The van der Waals surface area contributed by atoms with Crippen molar-refractivity contribution in [3.8, 4) is 23.1 Å². The number of allylic oxidation sites excluding steroid dienone is 1. The molecule has 12 heteroatoms. The highest BCUT2D eigenvalue weighted by Crippen LogP contribution is 2.32. The van der Waals surface area contributed by atoms with Gasteiger partial charge in [0.05, 0.1) is 58.3 Å². The second kappa shape index (κ2) is 24.3. The van der Waals surface area contributed by atoms with Crippen LogP contribution in [0.15, 0.2) is 243 Å². The third kappa shape index (κ3) is 11.9. The molecule has 384 valence electrons. The number of halogens is 3. The summed E-state index contributed by atoms with van der Waals surface area (Å²) in [4.78, 5) is 0. The van der Waals surface area contributed by atoms with E-state index in [1.165, 1.54) is 47.5 Å². The Morgan fingerprint density at radius 3 is 1.40 bits per heavy atom. The van der Waals surface area contributed by atoms with Crippen molar-refractivity contribution >= 4 is 38.3 Å². The molecule has 0 spiro atoms. The number of rotatable bonds is 13. The van der Waals surface area contributed by atoms with Crippen molar-refractivity contribution in [1.29, 1.82) is 5.26 Å². The molecule has 0 amide bonds. The number of nitriles is 1. The third-order valence-corrected chi connectivity index (χ3v) is 13.5. The number of aromatic nitrogens is 6. The molecule has 9 aromatic carbocycles. The molecule has 12 aromatic rings. The van der Waals surface area contributed by atoms with Crippen molar-refractivity contribution in [2.45, 2.75) is 25.4 Å². The molecule has 0 fully saturated rings. The third-order valence-electron chi connectivity index (χ3n) is 13.5. The first-order valence-corrected chi connectivity index (χ1v) is 25.6. The van der Waals surface area contributed by atoms with E-state index in [4.69, 9.17) is 0 Å². The number of hydrogen-bond acceptors (Lipinski definition) is 6. The van der Waals surface area contributed by atoms with Crippen LogP contribution in [0.2, 0.25) is 0 Å². The molecule has 2 atom stereocenters. The Morgan fingerprint density at radius 1 is 0.500 bits per heavy atom. The summed E-state index contributed by atoms with van der Waals surface area (Å²) >= 11 is 0. The molecule has 3 heterocycles. The van der Waals surface area contributed by atoms with Crippen LogP contribution in [-0.4, -0.2) is 47.5 Å². The van der Waals surface area contributed by atoms with E-state index in [0.717, 1.165) is 97.1 Å². The van der Waals surface area contributed by atoms with E-state index in [1.54, 1.807) is 64.2 Å². The normalized spacial score (nSPS) is 12.1. The van der Waals surface area contributed by atoms with Gasteiger partial charge in [0.2, 0.25) is 0 Å². The summed E-state index contributed by atoms with van der Waals surface area (Å²) in [6.45, 7) is 4.08. The number of benzene rings is 9. The Hall–Kier alpha value is -9.67. The molecule has 0 saturated carbocycles.